The van der Waals surface area contributed by atoms with Gasteiger partial charge in [0.05, 0.1) is 11.2 Å². The van der Waals surface area contributed by atoms with Crippen molar-refractivity contribution in [1.82, 2.24) is 15.1 Å². The zero-order chi connectivity index (χ0) is 14.5. The number of nitrogens with one attached hydrogen (secondary N) is 1. The van der Waals surface area contributed by atoms with Crippen LogP contribution in [-0.2, 0) is 17.9 Å². The Bertz CT molecular complexity index is 612. The normalized spacial score (nSPS) is 10.6. The van der Waals surface area contributed by atoms with E-state index in [2.05, 4.69) is 10.4 Å². The van der Waals surface area contributed by atoms with Gasteiger partial charge < -0.3 is 5.32 Å². The van der Waals surface area contributed by atoms with Crippen LogP contribution in [0.1, 0.15) is 17.5 Å². The number of rotatable bonds is 5. The van der Waals surface area contributed by atoms with Gasteiger partial charge in [-0.3, -0.25) is 9.48 Å². The Morgan fingerprint density at radius 3 is 2.95 bits per heavy atom. The average Bonchev–Trinajstić information content (AvgIpc) is 2.83. The second-order valence-corrected chi connectivity index (χ2v) is 4.97. The topological polar surface area (TPSA) is 46.9 Å². The van der Waals surface area contributed by atoms with Crippen molar-refractivity contribution in [2.45, 2.75) is 26.4 Å². The molecule has 1 heterocycles. The van der Waals surface area contributed by atoms with Crippen molar-refractivity contribution in [2.75, 3.05) is 0 Å². The van der Waals surface area contributed by atoms with Gasteiger partial charge in [-0.2, -0.15) is 5.10 Å². The lowest BCUT2D eigenvalue weighted by molar-refractivity contribution is -0.121. The maximum atomic E-state index is 13.1. The van der Waals surface area contributed by atoms with Crippen molar-refractivity contribution in [3.05, 3.63) is 52.6 Å². The van der Waals surface area contributed by atoms with Crippen LogP contribution in [0.2, 0.25) is 5.02 Å². The highest BCUT2D eigenvalue weighted by atomic mass is 35.5. The van der Waals surface area contributed by atoms with Crippen molar-refractivity contribution in [3.63, 3.8) is 0 Å². The van der Waals surface area contributed by atoms with E-state index in [9.17, 15) is 9.18 Å². The first-order valence-corrected chi connectivity index (χ1v) is 6.62. The molecular weight excluding hydrogens is 281 g/mol. The van der Waals surface area contributed by atoms with Crippen LogP contribution < -0.4 is 5.32 Å². The van der Waals surface area contributed by atoms with E-state index in [0.29, 0.717) is 30.1 Å². The third-order valence-electron chi connectivity index (χ3n) is 2.88. The highest BCUT2D eigenvalue weighted by molar-refractivity contribution is 6.30. The van der Waals surface area contributed by atoms with Crippen LogP contribution in [0.3, 0.4) is 0 Å². The van der Waals surface area contributed by atoms with Crippen molar-refractivity contribution in [1.29, 1.82) is 0 Å². The average molecular weight is 296 g/mol. The van der Waals surface area contributed by atoms with Gasteiger partial charge in [-0.25, -0.2) is 4.39 Å². The van der Waals surface area contributed by atoms with Gasteiger partial charge in [-0.05, 0) is 24.1 Å². The Morgan fingerprint density at radius 1 is 1.50 bits per heavy atom. The van der Waals surface area contributed by atoms with Crippen molar-refractivity contribution in [2.24, 2.45) is 0 Å². The molecule has 0 saturated carbocycles. The Kier molecular flexibility index (Phi) is 4.74. The lowest BCUT2D eigenvalue weighted by atomic mass is 10.1. The number of amides is 1. The number of aryl methyl sites for hydroxylation is 2. The minimum atomic E-state index is -0.240. The molecule has 0 aliphatic heterocycles. The number of aromatic nitrogens is 2. The summed E-state index contributed by atoms with van der Waals surface area (Å²) in [7, 11) is 0. The minimum Gasteiger partial charge on any atom is -0.352 e. The van der Waals surface area contributed by atoms with E-state index in [1.807, 2.05) is 0 Å². The summed E-state index contributed by atoms with van der Waals surface area (Å²) >= 11 is 5.73. The molecule has 2 rings (SSSR count). The van der Waals surface area contributed by atoms with Gasteiger partial charge >= 0.3 is 0 Å². The molecule has 106 valence electrons. The quantitative estimate of drug-likeness (QED) is 0.922. The first-order chi connectivity index (χ1) is 9.54. The minimum absolute atomic E-state index is 0.0846. The summed E-state index contributed by atoms with van der Waals surface area (Å²) in [4.78, 5) is 11.7. The maximum absolute atomic E-state index is 13.1. The summed E-state index contributed by atoms with van der Waals surface area (Å²) in [5.41, 5.74) is 1.45. The molecule has 1 aromatic heterocycles. The van der Waals surface area contributed by atoms with Crippen LogP contribution in [0.4, 0.5) is 4.39 Å². The zero-order valence-corrected chi connectivity index (χ0v) is 11.8. The van der Waals surface area contributed by atoms with Crippen LogP contribution in [0.5, 0.6) is 0 Å². The number of hydrogen-bond donors (Lipinski definition) is 1. The van der Waals surface area contributed by atoms with E-state index in [4.69, 9.17) is 11.6 Å². The molecule has 0 radical (unpaired) electrons. The molecule has 0 bridgehead atoms. The Balaban J connectivity index is 1.78. The largest absolute Gasteiger partial charge is 0.352 e. The third kappa shape index (κ3) is 4.06. The molecule has 0 fully saturated rings. The molecular formula is C14H15ClFN3O. The number of hydrogen-bond acceptors (Lipinski definition) is 2. The summed E-state index contributed by atoms with van der Waals surface area (Å²) in [6, 6.07) is 4.79. The van der Waals surface area contributed by atoms with Gasteiger partial charge in [0.25, 0.3) is 0 Å². The summed E-state index contributed by atoms with van der Waals surface area (Å²) in [5, 5.41) is 7.33. The molecule has 0 spiro atoms. The monoisotopic (exact) mass is 295 g/mol. The predicted octanol–water partition coefficient (Wildman–Crippen LogP) is 2.69. The summed E-state index contributed by atoms with van der Waals surface area (Å²) in [6.45, 7) is 2.56. The molecule has 0 aliphatic rings. The van der Waals surface area contributed by atoms with E-state index >= 15 is 0 Å². The second-order valence-electron chi connectivity index (χ2n) is 4.53. The van der Waals surface area contributed by atoms with Crippen molar-refractivity contribution in [3.8, 4) is 0 Å². The van der Waals surface area contributed by atoms with E-state index in [0.717, 1.165) is 5.56 Å². The maximum Gasteiger partial charge on any atom is 0.222 e. The van der Waals surface area contributed by atoms with E-state index < -0.39 is 0 Å². The predicted molar refractivity (Wildman–Crippen MR) is 74.8 cm³/mol. The van der Waals surface area contributed by atoms with Crippen LogP contribution in [0.15, 0.2) is 30.6 Å². The fourth-order valence-corrected chi connectivity index (χ4v) is 1.94. The SMILES string of the molecule is Cc1cc(CNC(=O)CCn2cc(Cl)cn2)ccc1F. The standard InChI is InChI=1S/C14H15ClFN3O/c1-10-6-11(2-3-13(10)16)7-17-14(20)4-5-19-9-12(15)8-18-19/h2-3,6,8-9H,4-5,7H2,1H3,(H,17,20). The Morgan fingerprint density at radius 2 is 2.30 bits per heavy atom. The smallest absolute Gasteiger partial charge is 0.222 e. The van der Waals surface area contributed by atoms with Gasteiger partial charge in [0.1, 0.15) is 5.82 Å². The van der Waals surface area contributed by atoms with Crippen LogP contribution >= 0.6 is 11.6 Å². The van der Waals surface area contributed by atoms with E-state index in [1.54, 1.807) is 29.9 Å². The zero-order valence-electron chi connectivity index (χ0n) is 11.1. The summed E-state index contributed by atoms with van der Waals surface area (Å²) in [5.74, 6) is -0.325. The Hall–Kier alpha value is -1.88. The number of benzene rings is 1. The molecule has 4 nitrogen and oxygen atoms in total. The number of halogens is 2. The Labute approximate surface area is 121 Å². The molecule has 6 heteroatoms. The lowest BCUT2D eigenvalue weighted by Gasteiger charge is -2.07. The first kappa shape index (κ1) is 14.5. The van der Waals surface area contributed by atoms with E-state index in [1.165, 1.54) is 12.3 Å². The number of nitrogens with zero attached hydrogens (tertiary/aromatic N) is 2. The summed E-state index contributed by atoms with van der Waals surface area (Å²) < 4.78 is 14.7. The lowest BCUT2D eigenvalue weighted by Crippen LogP contribution is -2.24. The molecule has 0 aliphatic carbocycles. The van der Waals surface area contributed by atoms with Crippen LogP contribution in [-0.4, -0.2) is 15.7 Å². The molecule has 1 N–H and O–H groups in total. The third-order valence-corrected chi connectivity index (χ3v) is 3.08. The molecule has 1 amide bonds. The molecule has 0 atom stereocenters. The first-order valence-electron chi connectivity index (χ1n) is 6.24. The fourth-order valence-electron chi connectivity index (χ4n) is 1.78. The molecule has 2 aromatic rings. The van der Waals surface area contributed by atoms with Gasteiger partial charge in [0, 0.05) is 25.7 Å². The van der Waals surface area contributed by atoms with Gasteiger partial charge in [0.15, 0.2) is 0 Å². The highest BCUT2D eigenvalue weighted by Gasteiger charge is 2.04. The highest BCUT2D eigenvalue weighted by Crippen LogP contribution is 2.09. The van der Waals surface area contributed by atoms with Crippen LogP contribution in [0.25, 0.3) is 0 Å². The van der Waals surface area contributed by atoms with Gasteiger partial charge in [0.2, 0.25) is 5.91 Å². The molecule has 0 saturated heterocycles. The second kappa shape index (κ2) is 6.52. The summed E-state index contributed by atoms with van der Waals surface area (Å²) in [6.07, 6.45) is 3.51. The molecule has 0 unspecified atom stereocenters. The molecule has 20 heavy (non-hydrogen) atoms. The molecule has 1 aromatic carbocycles. The fraction of sp³-hybridized carbons (Fsp3) is 0.286. The van der Waals surface area contributed by atoms with Gasteiger partial charge in [-0.1, -0.05) is 23.7 Å². The van der Waals surface area contributed by atoms with Crippen molar-refractivity contribution < 1.29 is 9.18 Å². The van der Waals surface area contributed by atoms with Crippen molar-refractivity contribution >= 4 is 17.5 Å². The number of carbonyl (C=O) groups is 1. The van der Waals surface area contributed by atoms with E-state index in [-0.39, 0.29) is 11.7 Å². The van der Waals surface area contributed by atoms with Crippen LogP contribution in [0, 0.1) is 12.7 Å². The van der Waals surface area contributed by atoms with Gasteiger partial charge in [-0.15, -0.1) is 0 Å². The number of carbonyl (C=O) groups excluding carboxylic acids is 1.